The van der Waals surface area contributed by atoms with Crippen molar-refractivity contribution < 1.29 is 19.4 Å². The van der Waals surface area contributed by atoms with E-state index in [0.29, 0.717) is 24.9 Å². The Balaban J connectivity index is 2.17. The molecular weight excluding hydrogens is 249 g/mol. The lowest BCUT2D eigenvalue weighted by Crippen LogP contribution is -2.52. The lowest BCUT2D eigenvalue weighted by atomic mass is 9.93. The Hall–Kier alpha value is -1.46. The number of aliphatic hydroxyl groups is 2. The molecule has 1 aromatic rings. The third-order valence-corrected chi connectivity index (χ3v) is 3.56. The maximum Gasteiger partial charge on any atom is 0.254 e. The van der Waals surface area contributed by atoms with Crippen LogP contribution in [0.3, 0.4) is 0 Å². The fourth-order valence-corrected chi connectivity index (χ4v) is 2.32. The Bertz CT molecular complexity index is 492. The molecule has 104 valence electrons. The quantitative estimate of drug-likeness (QED) is 0.843. The summed E-state index contributed by atoms with van der Waals surface area (Å²) in [7, 11) is 0. The zero-order valence-electron chi connectivity index (χ0n) is 10.9. The maximum absolute atomic E-state index is 13.5. The highest BCUT2D eigenvalue weighted by molar-refractivity contribution is 5.94. The van der Waals surface area contributed by atoms with Gasteiger partial charge in [-0.3, -0.25) is 4.79 Å². The summed E-state index contributed by atoms with van der Waals surface area (Å²) in [6.45, 7) is 1.85. The predicted octanol–water partition coefficient (Wildman–Crippen LogP) is 1.09. The number of piperidine rings is 1. The zero-order valence-corrected chi connectivity index (χ0v) is 10.9. The van der Waals surface area contributed by atoms with Gasteiger partial charge in [0.25, 0.3) is 5.91 Å². The van der Waals surface area contributed by atoms with E-state index in [0.717, 1.165) is 0 Å². The molecule has 1 aliphatic heterocycles. The minimum absolute atomic E-state index is 0.0812. The molecule has 2 rings (SSSR count). The third kappa shape index (κ3) is 2.93. The minimum atomic E-state index is -1.24. The molecule has 1 aromatic carbocycles. The van der Waals surface area contributed by atoms with Crippen LogP contribution in [0, 0.1) is 12.7 Å². The first-order valence-electron chi connectivity index (χ1n) is 6.34. The van der Waals surface area contributed by atoms with Gasteiger partial charge in [-0.1, -0.05) is 6.07 Å². The van der Waals surface area contributed by atoms with Crippen LogP contribution < -0.4 is 0 Å². The van der Waals surface area contributed by atoms with Crippen LogP contribution >= 0.6 is 0 Å². The molecule has 0 aromatic heterocycles. The summed E-state index contributed by atoms with van der Waals surface area (Å²) in [5.74, 6) is -0.731. The Kier molecular flexibility index (Phi) is 3.87. The molecule has 1 saturated heterocycles. The van der Waals surface area contributed by atoms with E-state index < -0.39 is 11.4 Å². The first-order valence-corrected chi connectivity index (χ1v) is 6.34. The standard InChI is InChI=1S/C14H18FNO3/c1-10-3-4-11(7-12(10)15)13(18)16-6-2-5-14(19,8-16)9-17/h3-4,7,17,19H,2,5-6,8-9H2,1H3. The molecule has 5 heteroatoms. The van der Waals surface area contributed by atoms with Gasteiger partial charge in [0, 0.05) is 12.1 Å². The maximum atomic E-state index is 13.5. The van der Waals surface area contributed by atoms with E-state index in [1.165, 1.54) is 11.0 Å². The highest BCUT2D eigenvalue weighted by atomic mass is 19.1. The second-order valence-electron chi connectivity index (χ2n) is 5.18. The van der Waals surface area contributed by atoms with Crippen molar-refractivity contribution in [1.29, 1.82) is 0 Å². The molecule has 0 bridgehead atoms. The molecule has 1 fully saturated rings. The van der Waals surface area contributed by atoms with Gasteiger partial charge in [0.15, 0.2) is 0 Å². The van der Waals surface area contributed by atoms with Gasteiger partial charge < -0.3 is 15.1 Å². The van der Waals surface area contributed by atoms with E-state index in [-0.39, 0.29) is 24.6 Å². The molecule has 0 spiro atoms. The van der Waals surface area contributed by atoms with Crippen LogP contribution in [0.15, 0.2) is 18.2 Å². The van der Waals surface area contributed by atoms with Crippen molar-refractivity contribution in [3.8, 4) is 0 Å². The van der Waals surface area contributed by atoms with Crippen molar-refractivity contribution in [3.63, 3.8) is 0 Å². The smallest absolute Gasteiger partial charge is 0.254 e. The van der Waals surface area contributed by atoms with Crippen LogP contribution in [0.25, 0.3) is 0 Å². The van der Waals surface area contributed by atoms with Gasteiger partial charge in [0.1, 0.15) is 11.4 Å². The minimum Gasteiger partial charge on any atom is -0.393 e. The van der Waals surface area contributed by atoms with E-state index in [1.54, 1.807) is 19.1 Å². The Morgan fingerprint density at radius 2 is 2.26 bits per heavy atom. The van der Waals surface area contributed by atoms with Crippen molar-refractivity contribution in [1.82, 2.24) is 4.90 Å². The number of amides is 1. The van der Waals surface area contributed by atoms with E-state index >= 15 is 0 Å². The van der Waals surface area contributed by atoms with Crippen molar-refractivity contribution in [2.24, 2.45) is 0 Å². The average molecular weight is 267 g/mol. The molecule has 1 aliphatic rings. The van der Waals surface area contributed by atoms with Gasteiger partial charge >= 0.3 is 0 Å². The number of rotatable bonds is 2. The molecule has 1 unspecified atom stereocenters. The molecule has 0 saturated carbocycles. The summed E-state index contributed by atoms with van der Waals surface area (Å²) in [5, 5.41) is 19.2. The van der Waals surface area contributed by atoms with E-state index in [2.05, 4.69) is 0 Å². The summed E-state index contributed by atoms with van der Waals surface area (Å²) >= 11 is 0. The third-order valence-electron chi connectivity index (χ3n) is 3.56. The topological polar surface area (TPSA) is 60.8 Å². The monoisotopic (exact) mass is 267 g/mol. The van der Waals surface area contributed by atoms with Crippen molar-refractivity contribution >= 4 is 5.91 Å². The molecule has 2 N–H and O–H groups in total. The fraction of sp³-hybridized carbons (Fsp3) is 0.500. The fourth-order valence-electron chi connectivity index (χ4n) is 2.32. The first kappa shape index (κ1) is 14.0. The molecule has 19 heavy (non-hydrogen) atoms. The number of benzene rings is 1. The van der Waals surface area contributed by atoms with Crippen molar-refractivity contribution in [2.75, 3.05) is 19.7 Å². The predicted molar refractivity (Wildman–Crippen MR) is 68.3 cm³/mol. The Morgan fingerprint density at radius 3 is 2.89 bits per heavy atom. The molecular formula is C14H18FNO3. The second kappa shape index (κ2) is 5.27. The normalized spacial score (nSPS) is 23.5. The molecule has 4 nitrogen and oxygen atoms in total. The summed E-state index contributed by atoms with van der Waals surface area (Å²) < 4.78 is 13.5. The van der Waals surface area contributed by atoms with Crippen molar-refractivity contribution in [3.05, 3.63) is 35.1 Å². The van der Waals surface area contributed by atoms with E-state index in [1.807, 2.05) is 0 Å². The number of carbonyl (C=O) groups excluding carboxylic acids is 1. The largest absolute Gasteiger partial charge is 0.393 e. The molecule has 1 atom stereocenters. The average Bonchev–Trinajstić information content (AvgIpc) is 2.41. The number of aryl methyl sites for hydroxylation is 1. The van der Waals surface area contributed by atoms with E-state index in [9.17, 15) is 14.3 Å². The molecule has 0 aliphatic carbocycles. The zero-order chi connectivity index (χ0) is 14.0. The van der Waals surface area contributed by atoms with Crippen LogP contribution in [-0.2, 0) is 0 Å². The molecule has 1 heterocycles. The number of hydrogen-bond acceptors (Lipinski definition) is 3. The molecule has 0 radical (unpaired) electrons. The first-order chi connectivity index (χ1) is 8.95. The lowest BCUT2D eigenvalue weighted by molar-refractivity contribution is -0.0598. The number of aliphatic hydroxyl groups excluding tert-OH is 1. The van der Waals surface area contributed by atoms with Crippen LogP contribution in [-0.4, -0.2) is 46.3 Å². The molecule has 1 amide bonds. The van der Waals surface area contributed by atoms with Gasteiger partial charge in [-0.15, -0.1) is 0 Å². The number of β-amino-alcohol motifs (C(OH)–C–C–N with tert-alkyl or cyclic N) is 1. The SMILES string of the molecule is Cc1ccc(C(=O)N2CCCC(O)(CO)C2)cc1F. The Labute approximate surface area is 111 Å². The number of nitrogens with zero attached hydrogens (tertiary/aromatic N) is 1. The van der Waals surface area contributed by atoms with Gasteiger partial charge in [0.05, 0.1) is 13.2 Å². The van der Waals surface area contributed by atoms with Gasteiger partial charge in [-0.2, -0.15) is 0 Å². The number of hydrogen-bond donors (Lipinski definition) is 2. The van der Waals surface area contributed by atoms with Crippen molar-refractivity contribution in [2.45, 2.75) is 25.4 Å². The summed E-state index contributed by atoms with van der Waals surface area (Å²) in [5.41, 5.74) is -0.482. The lowest BCUT2D eigenvalue weighted by Gasteiger charge is -2.38. The second-order valence-corrected chi connectivity index (χ2v) is 5.18. The summed E-state index contributed by atoms with van der Waals surface area (Å²) in [6, 6.07) is 4.35. The van der Waals surface area contributed by atoms with Gasteiger partial charge in [-0.05, 0) is 37.5 Å². The highest BCUT2D eigenvalue weighted by Crippen LogP contribution is 2.22. The van der Waals surface area contributed by atoms with Crippen LogP contribution in [0.2, 0.25) is 0 Å². The van der Waals surface area contributed by atoms with Crippen LogP contribution in [0.4, 0.5) is 4.39 Å². The van der Waals surface area contributed by atoms with Crippen LogP contribution in [0.1, 0.15) is 28.8 Å². The van der Waals surface area contributed by atoms with Gasteiger partial charge in [-0.25, -0.2) is 4.39 Å². The highest BCUT2D eigenvalue weighted by Gasteiger charge is 2.34. The van der Waals surface area contributed by atoms with E-state index in [4.69, 9.17) is 5.11 Å². The number of carbonyl (C=O) groups is 1. The van der Waals surface area contributed by atoms with Gasteiger partial charge in [0.2, 0.25) is 0 Å². The number of halogens is 1. The number of likely N-dealkylation sites (tertiary alicyclic amines) is 1. The summed E-state index contributed by atoms with van der Waals surface area (Å²) in [4.78, 5) is 13.7. The van der Waals surface area contributed by atoms with Crippen LogP contribution in [0.5, 0.6) is 0 Å². The Morgan fingerprint density at radius 1 is 1.53 bits per heavy atom. The summed E-state index contributed by atoms with van der Waals surface area (Å²) in [6.07, 6.45) is 1.09.